The van der Waals surface area contributed by atoms with Crippen LogP contribution in [0.5, 0.6) is 11.5 Å². The highest BCUT2D eigenvalue weighted by Gasteiger charge is 2.20. The van der Waals surface area contributed by atoms with Crippen LogP contribution in [0.4, 0.5) is 4.39 Å². The van der Waals surface area contributed by atoms with Crippen LogP contribution in [0.15, 0.2) is 71.6 Å². The predicted molar refractivity (Wildman–Crippen MR) is 117 cm³/mol. The molecule has 7 heteroatoms. The second kappa shape index (κ2) is 11.1. The highest BCUT2D eigenvalue weighted by Crippen LogP contribution is 2.25. The molecule has 1 unspecified atom stereocenters. The number of rotatable bonds is 10. The highest BCUT2D eigenvalue weighted by atomic mass is 19.1. The number of nitrogens with one attached hydrogen (secondary N) is 1. The van der Waals surface area contributed by atoms with Gasteiger partial charge in [0.2, 0.25) is 5.91 Å². The maximum atomic E-state index is 14.3. The Morgan fingerprint density at radius 3 is 2.74 bits per heavy atom. The van der Waals surface area contributed by atoms with E-state index in [1.165, 1.54) is 24.4 Å². The molecule has 1 aromatic carbocycles. The molecule has 3 rings (SSSR count). The lowest BCUT2D eigenvalue weighted by molar-refractivity contribution is -0.116. The summed E-state index contributed by atoms with van der Waals surface area (Å²) in [5.74, 6) is 0.559. The molecule has 31 heavy (non-hydrogen) atoms. The van der Waals surface area contributed by atoms with Crippen LogP contribution in [0.1, 0.15) is 31.2 Å². The first-order valence-electron chi connectivity index (χ1n) is 10.2. The van der Waals surface area contributed by atoms with Gasteiger partial charge in [-0.15, -0.1) is 0 Å². The molecule has 0 aliphatic carbocycles. The normalized spacial score (nSPS) is 12.3. The highest BCUT2D eigenvalue weighted by molar-refractivity contribution is 5.91. The van der Waals surface area contributed by atoms with Crippen molar-refractivity contribution in [1.82, 2.24) is 15.2 Å². The first kappa shape index (κ1) is 22.2. The van der Waals surface area contributed by atoms with Crippen molar-refractivity contribution in [2.45, 2.75) is 19.9 Å². The quantitative estimate of drug-likeness (QED) is 0.474. The van der Waals surface area contributed by atoms with Crippen LogP contribution in [0.25, 0.3) is 6.08 Å². The molecular weight excluding hydrogens is 397 g/mol. The molecule has 1 atom stereocenters. The lowest BCUT2D eigenvalue weighted by atomic mass is 10.1. The summed E-state index contributed by atoms with van der Waals surface area (Å²) in [4.78, 5) is 18.5. The number of aromatic nitrogens is 1. The van der Waals surface area contributed by atoms with Gasteiger partial charge < -0.3 is 14.5 Å². The summed E-state index contributed by atoms with van der Waals surface area (Å²) in [7, 11) is 0. The molecule has 0 saturated heterocycles. The number of pyridine rings is 1. The minimum absolute atomic E-state index is 0.0521. The summed E-state index contributed by atoms with van der Waals surface area (Å²) in [5, 5.41) is 2.90. The molecule has 2 heterocycles. The van der Waals surface area contributed by atoms with Gasteiger partial charge in [-0.25, -0.2) is 4.39 Å². The predicted octanol–water partition coefficient (Wildman–Crippen LogP) is 4.82. The van der Waals surface area contributed by atoms with E-state index in [1.54, 1.807) is 36.7 Å². The van der Waals surface area contributed by atoms with E-state index in [4.69, 9.17) is 9.15 Å². The van der Waals surface area contributed by atoms with Crippen LogP contribution in [0.2, 0.25) is 0 Å². The zero-order valence-electron chi connectivity index (χ0n) is 17.6. The van der Waals surface area contributed by atoms with E-state index in [1.807, 2.05) is 12.1 Å². The molecule has 0 aliphatic rings. The molecule has 1 amide bonds. The van der Waals surface area contributed by atoms with Crippen molar-refractivity contribution in [3.05, 3.63) is 84.3 Å². The second-order valence-corrected chi connectivity index (χ2v) is 6.81. The maximum Gasteiger partial charge on any atom is 0.244 e. The summed E-state index contributed by atoms with van der Waals surface area (Å²) in [6.07, 6.45) is 7.69. The van der Waals surface area contributed by atoms with Crippen molar-refractivity contribution in [2.24, 2.45) is 0 Å². The van der Waals surface area contributed by atoms with E-state index in [2.05, 4.69) is 29.0 Å². The first-order valence-corrected chi connectivity index (χ1v) is 10.2. The van der Waals surface area contributed by atoms with Gasteiger partial charge in [0.1, 0.15) is 11.5 Å². The molecule has 0 saturated carbocycles. The number of hydrogen-bond donors (Lipinski definition) is 1. The molecule has 0 radical (unpaired) electrons. The molecule has 162 valence electrons. The van der Waals surface area contributed by atoms with E-state index in [0.717, 1.165) is 18.8 Å². The van der Waals surface area contributed by atoms with Gasteiger partial charge in [-0.1, -0.05) is 19.9 Å². The summed E-state index contributed by atoms with van der Waals surface area (Å²) >= 11 is 0. The zero-order valence-corrected chi connectivity index (χ0v) is 17.6. The Balaban J connectivity index is 1.59. The van der Waals surface area contributed by atoms with E-state index >= 15 is 0 Å². The number of halogens is 1. The third kappa shape index (κ3) is 6.26. The van der Waals surface area contributed by atoms with Crippen LogP contribution in [0, 0.1) is 5.82 Å². The summed E-state index contributed by atoms with van der Waals surface area (Å²) in [5.41, 5.74) is 0.553. The molecule has 0 fully saturated rings. The van der Waals surface area contributed by atoms with E-state index in [9.17, 15) is 9.18 Å². The van der Waals surface area contributed by atoms with Gasteiger partial charge in [0.25, 0.3) is 0 Å². The van der Waals surface area contributed by atoms with Gasteiger partial charge in [-0.2, -0.15) is 0 Å². The van der Waals surface area contributed by atoms with Gasteiger partial charge in [0.15, 0.2) is 11.6 Å². The number of carbonyl (C=O) groups excluding carboxylic acids is 1. The molecule has 2 aromatic heterocycles. The second-order valence-electron chi connectivity index (χ2n) is 6.81. The summed E-state index contributed by atoms with van der Waals surface area (Å²) in [6.45, 7) is 6.21. The van der Waals surface area contributed by atoms with Crippen molar-refractivity contribution < 1.29 is 18.3 Å². The Labute approximate surface area is 181 Å². The van der Waals surface area contributed by atoms with Crippen molar-refractivity contribution >= 4 is 12.0 Å². The van der Waals surface area contributed by atoms with Gasteiger partial charge >= 0.3 is 0 Å². The summed E-state index contributed by atoms with van der Waals surface area (Å²) < 4.78 is 25.4. The number of likely N-dealkylation sites (N-methyl/N-ethyl adjacent to an activating group) is 1. The average molecular weight is 423 g/mol. The fraction of sp³-hybridized carbons (Fsp3) is 0.250. The zero-order chi connectivity index (χ0) is 22.1. The Hall–Kier alpha value is -3.45. The standard InChI is InChI=1S/C24H26FN3O3/c1-3-28(4-2)21(23-8-6-14-30-23)17-27-24(29)12-10-18-9-11-22(20(25)15-18)31-19-7-5-13-26-16-19/h5-16,21H,3-4,17H2,1-2H3,(H,27,29)/b12-10+. The molecule has 6 nitrogen and oxygen atoms in total. The van der Waals surface area contributed by atoms with Crippen molar-refractivity contribution in [3.8, 4) is 11.5 Å². The third-order valence-electron chi connectivity index (χ3n) is 4.84. The number of furan rings is 1. The summed E-state index contributed by atoms with van der Waals surface area (Å²) in [6, 6.07) is 11.6. The lowest BCUT2D eigenvalue weighted by Gasteiger charge is -2.28. The SMILES string of the molecule is CCN(CC)C(CNC(=O)/C=C/c1ccc(Oc2cccnc2)c(F)c1)c1ccco1. The topological polar surface area (TPSA) is 67.6 Å². The van der Waals surface area contributed by atoms with Crippen LogP contribution < -0.4 is 10.1 Å². The van der Waals surface area contributed by atoms with Crippen molar-refractivity contribution in [2.75, 3.05) is 19.6 Å². The van der Waals surface area contributed by atoms with E-state index < -0.39 is 5.82 Å². The number of ether oxygens (including phenoxy) is 1. The van der Waals surface area contributed by atoms with Gasteiger partial charge in [0.05, 0.1) is 18.5 Å². The van der Waals surface area contributed by atoms with Crippen LogP contribution in [-0.4, -0.2) is 35.4 Å². The number of carbonyl (C=O) groups is 1. The Morgan fingerprint density at radius 2 is 2.10 bits per heavy atom. The van der Waals surface area contributed by atoms with Gasteiger partial charge in [-0.05, 0) is 61.1 Å². The minimum atomic E-state index is -0.522. The number of amides is 1. The van der Waals surface area contributed by atoms with E-state index in [-0.39, 0.29) is 17.7 Å². The third-order valence-corrected chi connectivity index (χ3v) is 4.84. The fourth-order valence-electron chi connectivity index (χ4n) is 3.22. The maximum absolute atomic E-state index is 14.3. The molecule has 0 aliphatic heterocycles. The van der Waals surface area contributed by atoms with Crippen LogP contribution >= 0.6 is 0 Å². The number of benzene rings is 1. The number of hydrogen-bond acceptors (Lipinski definition) is 5. The smallest absolute Gasteiger partial charge is 0.244 e. The van der Waals surface area contributed by atoms with Crippen molar-refractivity contribution in [3.63, 3.8) is 0 Å². The van der Waals surface area contributed by atoms with Gasteiger partial charge in [-0.3, -0.25) is 14.7 Å². The fourth-order valence-corrected chi connectivity index (χ4v) is 3.22. The first-order chi connectivity index (χ1) is 15.1. The molecule has 0 spiro atoms. The van der Waals surface area contributed by atoms with Crippen LogP contribution in [-0.2, 0) is 4.79 Å². The Kier molecular flexibility index (Phi) is 7.95. The van der Waals surface area contributed by atoms with Gasteiger partial charge in [0, 0.05) is 18.8 Å². The number of nitrogens with zero attached hydrogens (tertiary/aromatic N) is 2. The molecule has 1 N–H and O–H groups in total. The largest absolute Gasteiger partial charge is 0.468 e. The average Bonchev–Trinajstić information content (AvgIpc) is 3.32. The monoisotopic (exact) mass is 423 g/mol. The minimum Gasteiger partial charge on any atom is -0.468 e. The molecular formula is C24H26FN3O3. The van der Waals surface area contributed by atoms with Crippen LogP contribution in [0.3, 0.4) is 0 Å². The molecule has 0 bridgehead atoms. The van der Waals surface area contributed by atoms with E-state index in [0.29, 0.717) is 17.9 Å². The van der Waals surface area contributed by atoms with Crippen molar-refractivity contribution in [1.29, 1.82) is 0 Å². The molecule has 3 aromatic rings. The Morgan fingerprint density at radius 1 is 1.26 bits per heavy atom. The Bertz CT molecular complexity index is 987. The lowest BCUT2D eigenvalue weighted by Crippen LogP contribution is -2.37.